The lowest BCUT2D eigenvalue weighted by molar-refractivity contribution is 0.0772. The summed E-state index contributed by atoms with van der Waals surface area (Å²) in [5, 5.41) is 2.80. The van der Waals surface area contributed by atoms with E-state index in [-0.39, 0.29) is 23.9 Å². The first-order valence-corrected chi connectivity index (χ1v) is 18.4. The van der Waals surface area contributed by atoms with E-state index >= 15 is 0 Å². The summed E-state index contributed by atoms with van der Waals surface area (Å²) in [4.78, 5) is 42.9. The van der Waals surface area contributed by atoms with Gasteiger partial charge in [0.1, 0.15) is 0 Å². The molecule has 7 heteroatoms. The number of nitrogens with zero attached hydrogens (tertiary/aromatic N) is 3. The molecular weight excluding hydrogens is 645 g/mol. The fraction of sp³-hybridized carbons (Fsp3) is 0.267. The van der Waals surface area contributed by atoms with Crippen LogP contribution >= 0.6 is 0 Å². The molecule has 0 aliphatic carbocycles. The second-order valence-corrected chi connectivity index (χ2v) is 12.2. The molecule has 270 valence electrons. The zero-order valence-corrected chi connectivity index (χ0v) is 30.9. The third-order valence-electron chi connectivity index (χ3n) is 8.81. The van der Waals surface area contributed by atoms with E-state index in [0.29, 0.717) is 37.7 Å². The molecule has 2 heterocycles. The first-order chi connectivity index (χ1) is 25.5. The number of carbonyl (C=O) groups excluding carboxylic acids is 3. The maximum Gasteiger partial charge on any atom is 0.324 e. The number of hydrogen-bond donors (Lipinski definition) is 1. The Morgan fingerprint density at radius 3 is 1.37 bits per heavy atom. The monoisotopic (exact) mass is 696 g/mol. The highest BCUT2D eigenvalue weighted by molar-refractivity contribution is 6.04. The number of amides is 5. The highest BCUT2D eigenvalue weighted by Crippen LogP contribution is 2.27. The lowest BCUT2D eigenvalue weighted by Gasteiger charge is -2.40. The summed E-state index contributed by atoms with van der Waals surface area (Å²) >= 11 is 0. The lowest BCUT2D eigenvalue weighted by atomic mass is 9.95. The number of hydrogen-bond acceptors (Lipinski definition) is 3. The van der Waals surface area contributed by atoms with Crippen molar-refractivity contribution in [2.45, 2.75) is 52.6 Å². The second-order valence-electron chi connectivity index (χ2n) is 12.2. The van der Waals surface area contributed by atoms with Gasteiger partial charge in [0.2, 0.25) is 0 Å². The predicted octanol–water partition coefficient (Wildman–Crippen LogP) is 9.60. The van der Waals surface area contributed by atoms with Crippen LogP contribution in [-0.4, -0.2) is 58.8 Å². The quantitative estimate of drug-likeness (QED) is 0.184. The van der Waals surface area contributed by atoms with Crippen molar-refractivity contribution in [3.8, 4) is 0 Å². The van der Waals surface area contributed by atoms with Crippen LogP contribution in [0.25, 0.3) is 0 Å². The summed E-state index contributed by atoms with van der Waals surface area (Å²) in [6.45, 7) is 11.8. The maximum absolute atomic E-state index is 13.2. The highest BCUT2D eigenvalue weighted by atomic mass is 16.2. The third kappa shape index (κ3) is 10.9. The Hall–Kier alpha value is -5.69. The minimum Gasteiger partial charge on any atom is -0.337 e. The first kappa shape index (κ1) is 39.1. The summed E-state index contributed by atoms with van der Waals surface area (Å²) in [5.41, 5.74) is 5.28. The molecule has 1 atom stereocenters. The molecular formula is C45H52N4O3. The molecule has 5 aromatic carbocycles. The molecule has 0 spiro atoms. The lowest BCUT2D eigenvalue weighted by Crippen LogP contribution is -2.52. The van der Waals surface area contributed by atoms with Crippen molar-refractivity contribution in [3.05, 3.63) is 179 Å². The summed E-state index contributed by atoms with van der Waals surface area (Å²) in [6, 6.07) is 49.6. The van der Waals surface area contributed by atoms with Gasteiger partial charge >= 0.3 is 12.1 Å². The molecule has 5 amide bonds. The van der Waals surface area contributed by atoms with Crippen LogP contribution in [0.1, 0.15) is 72.1 Å². The molecule has 52 heavy (non-hydrogen) atoms. The zero-order chi connectivity index (χ0) is 37.1. The van der Waals surface area contributed by atoms with E-state index in [2.05, 4.69) is 53.8 Å². The van der Waals surface area contributed by atoms with Gasteiger partial charge in [-0.05, 0) is 34.4 Å². The molecule has 1 N–H and O–H groups in total. The topological polar surface area (TPSA) is 73.0 Å². The molecule has 7 nitrogen and oxygen atoms in total. The Kier molecular flexibility index (Phi) is 15.7. The molecule has 2 saturated heterocycles. The smallest absolute Gasteiger partial charge is 0.324 e. The van der Waals surface area contributed by atoms with Gasteiger partial charge in [-0.2, -0.15) is 0 Å². The minimum absolute atomic E-state index is 0.120. The van der Waals surface area contributed by atoms with Crippen molar-refractivity contribution < 1.29 is 14.4 Å². The second kappa shape index (κ2) is 20.9. The predicted molar refractivity (Wildman–Crippen MR) is 211 cm³/mol. The number of benzene rings is 5. The Morgan fingerprint density at radius 2 is 0.923 bits per heavy atom. The van der Waals surface area contributed by atoms with Gasteiger partial charge in [-0.15, -0.1) is 0 Å². The van der Waals surface area contributed by atoms with Crippen LogP contribution in [0.4, 0.5) is 9.59 Å². The Balaban J connectivity index is 0.000000218. The fourth-order valence-corrected chi connectivity index (χ4v) is 6.29. The van der Waals surface area contributed by atoms with Crippen molar-refractivity contribution in [2.75, 3.05) is 26.2 Å². The van der Waals surface area contributed by atoms with Gasteiger partial charge in [0, 0.05) is 56.7 Å². The number of nitrogens with one attached hydrogen (secondary N) is 1. The normalized spacial score (nSPS) is 15.5. The van der Waals surface area contributed by atoms with E-state index in [4.69, 9.17) is 0 Å². The molecule has 5 aromatic rings. The summed E-state index contributed by atoms with van der Waals surface area (Å²) in [7, 11) is 0. The van der Waals surface area contributed by atoms with Crippen molar-refractivity contribution in [1.29, 1.82) is 0 Å². The van der Waals surface area contributed by atoms with Gasteiger partial charge in [-0.25, -0.2) is 9.59 Å². The average Bonchev–Trinajstić information content (AvgIpc) is 3.23. The van der Waals surface area contributed by atoms with Gasteiger partial charge in [-0.3, -0.25) is 9.69 Å². The summed E-state index contributed by atoms with van der Waals surface area (Å²) < 4.78 is 0. The highest BCUT2D eigenvalue weighted by Gasteiger charge is 2.33. The molecule has 0 saturated carbocycles. The molecule has 0 radical (unpaired) electrons. The molecule has 0 aromatic heterocycles. The van der Waals surface area contributed by atoms with E-state index in [1.54, 1.807) is 24.3 Å². The molecule has 2 fully saturated rings. The van der Waals surface area contributed by atoms with Crippen molar-refractivity contribution in [1.82, 2.24) is 20.0 Å². The number of rotatable bonds is 7. The molecule has 2 aliphatic heterocycles. The van der Waals surface area contributed by atoms with Crippen LogP contribution in [0, 0.1) is 0 Å². The van der Waals surface area contributed by atoms with Crippen LogP contribution in [-0.2, 0) is 13.1 Å². The van der Waals surface area contributed by atoms with Crippen molar-refractivity contribution in [3.63, 3.8) is 0 Å². The van der Waals surface area contributed by atoms with E-state index in [9.17, 15) is 14.4 Å². The van der Waals surface area contributed by atoms with Crippen LogP contribution < -0.4 is 5.32 Å². The van der Waals surface area contributed by atoms with Gasteiger partial charge in [0.15, 0.2) is 0 Å². The Bertz CT molecular complexity index is 1720. The van der Waals surface area contributed by atoms with Crippen LogP contribution in [0.15, 0.2) is 152 Å². The number of carbonyl (C=O) groups is 3. The number of imide groups is 1. The van der Waals surface area contributed by atoms with Gasteiger partial charge in [0.05, 0.1) is 0 Å². The Morgan fingerprint density at radius 1 is 0.538 bits per heavy atom. The maximum atomic E-state index is 13.2. The average molecular weight is 697 g/mol. The first-order valence-electron chi connectivity index (χ1n) is 18.4. The summed E-state index contributed by atoms with van der Waals surface area (Å²) in [6.07, 6.45) is 0. The molecule has 7 rings (SSSR count). The van der Waals surface area contributed by atoms with E-state index in [0.717, 1.165) is 18.7 Å². The van der Waals surface area contributed by atoms with Gasteiger partial charge < -0.3 is 15.1 Å². The third-order valence-corrected chi connectivity index (χ3v) is 8.81. The zero-order valence-electron chi connectivity index (χ0n) is 30.9. The molecule has 1 unspecified atom stereocenters. The Labute approximate surface area is 309 Å². The van der Waals surface area contributed by atoms with Crippen molar-refractivity contribution >= 4 is 18.0 Å². The standard InChI is InChI=1S/C24H24N2O.C17H16N2O2.2C2H6/c27-24-25(16-20-10-4-1-5-11-20)18-23(22-14-8-3-9-15-22)19-26(24)17-21-12-6-2-7-13-21;20-16(14-9-5-2-6-10-14)19-12-15(11-18-17(19)21)13-7-3-1-4-8-13;2*1-2/h1-15,23H,16-19H2;1-10,15H,11-12H2,(H,18,21);2*1-2H3. The largest absolute Gasteiger partial charge is 0.337 e. The van der Waals surface area contributed by atoms with Gasteiger partial charge in [0.25, 0.3) is 5.91 Å². The van der Waals surface area contributed by atoms with E-state index in [1.807, 2.05) is 116 Å². The molecule has 2 aliphatic rings. The summed E-state index contributed by atoms with van der Waals surface area (Å²) in [5.74, 6) is 0.182. The van der Waals surface area contributed by atoms with Crippen LogP contribution in [0.5, 0.6) is 0 Å². The van der Waals surface area contributed by atoms with Crippen LogP contribution in [0.3, 0.4) is 0 Å². The molecule has 0 bridgehead atoms. The van der Waals surface area contributed by atoms with E-state index in [1.165, 1.54) is 21.6 Å². The fourth-order valence-electron chi connectivity index (χ4n) is 6.29. The SMILES string of the molecule is CC.CC.O=C1N(Cc2ccccc2)CC(c2ccccc2)CN1Cc1ccccc1.O=C1NCC(c2ccccc2)CN1C(=O)c1ccccc1. The van der Waals surface area contributed by atoms with E-state index < -0.39 is 0 Å². The van der Waals surface area contributed by atoms with Crippen molar-refractivity contribution in [2.24, 2.45) is 0 Å². The number of urea groups is 2. The minimum atomic E-state index is -0.323. The van der Waals surface area contributed by atoms with Crippen LogP contribution in [0.2, 0.25) is 0 Å². The van der Waals surface area contributed by atoms with Gasteiger partial charge in [-0.1, -0.05) is 167 Å².